The molecule has 1 atom stereocenters. The van der Waals surface area contributed by atoms with Crippen molar-refractivity contribution < 1.29 is 13.5 Å². The summed E-state index contributed by atoms with van der Waals surface area (Å²) in [5, 5.41) is 9.41. The minimum absolute atomic E-state index is 0.00653. The maximum Gasteiger partial charge on any atom is 0.244 e. The maximum absolute atomic E-state index is 12.5. The quantitative estimate of drug-likeness (QED) is 0.863. The van der Waals surface area contributed by atoms with E-state index in [0.717, 1.165) is 12.8 Å². The van der Waals surface area contributed by atoms with Gasteiger partial charge in [0.05, 0.1) is 11.6 Å². The lowest BCUT2D eigenvalue weighted by molar-refractivity contribution is 0.155. The summed E-state index contributed by atoms with van der Waals surface area (Å²) >= 11 is 5.81. The van der Waals surface area contributed by atoms with Crippen molar-refractivity contribution in [3.8, 4) is 0 Å². The van der Waals surface area contributed by atoms with Crippen LogP contribution in [-0.2, 0) is 10.0 Å². The number of hydrogen-bond acceptors (Lipinski definition) is 5. The molecular formula is C11H16ClN3O3S. The van der Waals surface area contributed by atoms with Gasteiger partial charge in [0.25, 0.3) is 0 Å². The Kier molecular flexibility index (Phi) is 4.29. The number of rotatable bonds is 3. The van der Waals surface area contributed by atoms with Crippen LogP contribution in [0, 0.1) is 0 Å². The van der Waals surface area contributed by atoms with Crippen molar-refractivity contribution in [1.82, 2.24) is 9.29 Å². The van der Waals surface area contributed by atoms with Gasteiger partial charge in [-0.25, -0.2) is 13.4 Å². The summed E-state index contributed by atoms with van der Waals surface area (Å²) in [5.41, 5.74) is 5.47. The lowest BCUT2D eigenvalue weighted by Gasteiger charge is -2.33. The number of aromatic nitrogens is 1. The van der Waals surface area contributed by atoms with Crippen LogP contribution < -0.4 is 5.73 Å². The second kappa shape index (κ2) is 5.62. The number of sulfonamides is 1. The summed E-state index contributed by atoms with van der Waals surface area (Å²) in [6.45, 7) is 0.213. The van der Waals surface area contributed by atoms with Crippen LogP contribution in [0.2, 0.25) is 5.02 Å². The smallest absolute Gasteiger partial charge is 0.244 e. The molecule has 106 valence electrons. The SMILES string of the molecule is Nc1ncc(S(=O)(=O)N2CCCCC2CO)cc1Cl. The van der Waals surface area contributed by atoms with E-state index in [4.69, 9.17) is 17.3 Å². The Morgan fingerprint density at radius 2 is 2.26 bits per heavy atom. The van der Waals surface area contributed by atoms with Crippen LogP contribution in [0.4, 0.5) is 5.82 Å². The summed E-state index contributed by atoms with van der Waals surface area (Å²) in [6.07, 6.45) is 3.55. The van der Waals surface area contributed by atoms with Gasteiger partial charge in [0.2, 0.25) is 10.0 Å². The van der Waals surface area contributed by atoms with Crippen LogP contribution >= 0.6 is 11.6 Å². The van der Waals surface area contributed by atoms with Crippen molar-refractivity contribution in [1.29, 1.82) is 0 Å². The molecule has 1 saturated heterocycles. The molecule has 0 spiro atoms. The van der Waals surface area contributed by atoms with Crippen molar-refractivity contribution >= 4 is 27.4 Å². The normalized spacial score (nSPS) is 21.5. The van der Waals surface area contributed by atoms with Gasteiger partial charge < -0.3 is 10.8 Å². The Morgan fingerprint density at radius 1 is 1.53 bits per heavy atom. The predicted octanol–water partition coefficient (Wildman–Crippen LogP) is 0.853. The second-order valence-electron chi connectivity index (χ2n) is 4.49. The summed E-state index contributed by atoms with van der Waals surface area (Å²) in [4.78, 5) is 3.77. The zero-order valence-electron chi connectivity index (χ0n) is 10.3. The lowest BCUT2D eigenvalue weighted by Crippen LogP contribution is -2.45. The van der Waals surface area contributed by atoms with Crippen LogP contribution in [0.25, 0.3) is 0 Å². The molecule has 0 amide bonds. The van der Waals surface area contributed by atoms with E-state index in [9.17, 15) is 13.5 Å². The number of nitrogens with zero attached hydrogens (tertiary/aromatic N) is 2. The van der Waals surface area contributed by atoms with Crippen molar-refractivity contribution in [3.05, 3.63) is 17.3 Å². The summed E-state index contributed by atoms with van der Waals surface area (Å²) in [6, 6.07) is 0.914. The van der Waals surface area contributed by atoms with Gasteiger partial charge in [0.15, 0.2) is 0 Å². The molecule has 0 radical (unpaired) electrons. The first-order valence-electron chi connectivity index (χ1n) is 6.00. The number of aliphatic hydroxyl groups is 1. The molecule has 2 rings (SSSR count). The van der Waals surface area contributed by atoms with Gasteiger partial charge in [-0.2, -0.15) is 4.31 Å². The third kappa shape index (κ3) is 2.84. The van der Waals surface area contributed by atoms with E-state index in [1.165, 1.54) is 16.6 Å². The number of halogens is 1. The van der Waals surface area contributed by atoms with E-state index < -0.39 is 10.0 Å². The summed E-state index contributed by atoms with van der Waals surface area (Å²) in [5.74, 6) is 0.0953. The van der Waals surface area contributed by atoms with E-state index in [-0.39, 0.29) is 28.4 Å². The molecule has 1 aromatic rings. The third-order valence-corrected chi connectivity index (χ3v) is 5.45. The average molecular weight is 306 g/mol. The highest BCUT2D eigenvalue weighted by molar-refractivity contribution is 7.89. The first-order valence-corrected chi connectivity index (χ1v) is 7.82. The largest absolute Gasteiger partial charge is 0.395 e. The van der Waals surface area contributed by atoms with E-state index in [1.54, 1.807) is 0 Å². The Balaban J connectivity index is 2.37. The predicted molar refractivity (Wildman–Crippen MR) is 72.3 cm³/mol. The van der Waals surface area contributed by atoms with E-state index >= 15 is 0 Å². The van der Waals surface area contributed by atoms with Crippen LogP contribution in [0.3, 0.4) is 0 Å². The molecule has 1 aromatic heterocycles. The van der Waals surface area contributed by atoms with E-state index in [0.29, 0.717) is 13.0 Å². The fraction of sp³-hybridized carbons (Fsp3) is 0.545. The Morgan fingerprint density at radius 3 is 2.89 bits per heavy atom. The van der Waals surface area contributed by atoms with Crippen LogP contribution in [0.15, 0.2) is 17.2 Å². The fourth-order valence-electron chi connectivity index (χ4n) is 2.18. The lowest BCUT2D eigenvalue weighted by atomic mass is 10.1. The zero-order chi connectivity index (χ0) is 14.0. The topological polar surface area (TPSA) is 96.5 Å². The molecule has 0 bridgehead atoms. The summed E-state index contributed by atoms with van der Waals surface area (Å²) in [7, 11) is -3.69. The van der Waals surface area contributed by atoms with Crippen molar-refractivity contribution in [3.63, 3.8) is 0 Å². The second-order valence-corrected chi connectivity index (χ2v) is 6.78. The number of hydrogen-bond donors (Lipinski definition) is 2. The van der Waals surface area contributed by atoms with Gasteiger partial charge in [0, 0.05) is 18.8 Å². The van der Waals surface area contributed by atoms with Gasteiger partial charge in [-0.15, -0.1) is 0 Å². The molecule has 1 aliphatic heterocycles. The van der Waals surface area contributed by atoms with Crippen LogP contribution in [0.5, 0.6) is 0 Å². The van der Waals surface area contributed by atoms with Gasteiger partial charge in [-0.1, -0.05) is 18.0 Å². The Bertz CT molecular complexity index is 564. The van der Waals surface area contributed by atoms with Crippen LogP contribution in [0.1, 0.15) is 19.3 Å². The highest BCUT2D eigenvalue weighted by atomic mass is 35.5. The van der Waals surface area contributed by atoms with E-state index in [2.05, 4.69) is 4.98 Å². The van der Waals surface area contributed by atoms with Crippen molar-refractivity contribution in [2.45, 2.75) is 30.2 Å². The number of nitrogen functional groups attached to an aromatic ring is 1. The maximum atomic E-state index is 12.5. The third-order valence-electron chi connectivity index (χ3n) is 3.24. The zero-order valence-corrected chi connectivity index (χ0v) is 11.9. The molecule has 6 nitrogen and oxygen atoms in total. The first kappa shape index (κ1) is 14.5. The number of nitrogens with two attached hydrogens (primary N) is 1. The van der Waals surface area contributed by atoms with Crippen molar-refractivity contribution in [2.24, 2.45) is 0 Å². The molecule has 0 aromatic carbocycles. The molecule has 19 heavy (non-hydrogen) atoms. The highest BCUT2D eigenvalue weighted by Gasteiger charge is 2.33. The van der Waals surface area contributed by atoms with Crippen LogP contribution in [-0.4, -0.2) is 42.0 Å². The van der Waals surface area contributed by atoms with Gasteiger partial charge in [0.1, 0.15) is 10.7 Å². The first-order chi connectivity index (χ1) is 8.96. The Labute approximate surface area is 117 Å². The molecule has 1 aliphatic rings. The monoisotopic (exact) mass is 305 g/mol. The summed E-state index contributed by atoms with van der Waals surface area (Å²) < 4.78 is 26.3. The van der Waals surface area contributed by atoms with Gasteiger partial charge >= 0.3 is 0 Å². The van der Waals surface area contributed by atoms with Gasteiger partial charge in [-0.3, -0.25) is 0 Å². The minimum Gasteiger partial charge on any atom is -0.395 e. The highest BCUT2D eigenvalue weighted by Crippen LogP contribution is 2.27. The molecule has 1 fully saturated rings. The molecule has 8 heteroatoms. The molecule has 2 heterocycles. The molecule has 0 aliphatic carbocycles. The molecule has 3 N–H and O–H groups in total. The standard InChI is InChI=1S/C11H16ClN3O3S/c12-10-5-9(6-14-11(10)13)19(17,18)15-4-2-1-3-8(15)7-16/h5-6,8,16H,1-4,7H2,(H2,13,14). The average Bonchev–Trinajstić information content (AvgIpc) is 2.41. The minimum atomic E-state index is -3.69. The number of piperidine rings is 1. The van der Waals surface area contributed by atoms with E-state index in [1.807, 2.05) is 0 Å². The molecule has 1 unspecified atom stereocenters. The number of anilines is 1. The molecule has 0 saturated carbocycles. The number of aliphatic hydroxyl groups excluding tert-OH is 1. The fourth-order valence-corrected chi connectivity index (χ4v) is 4.07. The number of pyridine rings is 1. The Hall–Kier alpha value is -0.890. The van der Waals surface area contributed by atoms with Crippen molar-refractivity contribution in [2.75, 3.05) is 18.9 Å². The molecular weight excluding hydrogens is 290 g/mol. The van der Waals surface area contributed by atoms with Gasteiger partial charge in [-0.05, 0) is 18.9 Å².